The number of hydrogen-bond donors (Lipinski definition) is 0. The minimum Gasteiger partial charge on any atom is -0.497 e. The van der Waals surface area contributed by atoms with Crippen LogP contribution in [0.1, 0.15) is 46.1 Å². The Morgan fingerprint density at radius 3 is 2.14 bits per heavy atom. The first-order chi connectivity index (χ1) is 13.0. The molecule has 0 spiro atoms. The molecule has 0 aromatic heterocycles. The number of fused-ring (bicyclic) bond motifs is 1. The fourth-order valence-corrected chi connectivity index (χ4v) is 4.80. The predicted octanol–water partition coefficient (Wildman–Crippen LogP) is 6.04. The van der Waals surface area contributed by atoms with Crippen LogP contribution in [0, 0.1) is 0 Å². The van der Waals surface area contributed by atoms with E-state index in [1.165, 1.54) is 7.11 Å². The van der Waals surface area contributed by atoms with Crippen molar-refractivity contribution in [3.63, 3.8) is 0 Å². The average Bonchev–Trinajstić information content (AvgIpc) is 2.65. The number of hydrogen-bond acceptors (Lipinski definition) is 4. The number of ether oxygens (including phenoxy) is 2. The van der Waals surface area contributed by atoms with E-state index in [4.69, 9.17) is 13.9 Å². The van der Waals surface area contributed by atoms with Gasteiger partial charge in [-0.1, -0.05) is 45.9 Å². The van der Waals surface area contributed by atoms with Gasteiger partial charge in [-0.3, -0.25) is 4.79 Å². The first-order valence-electron chi connectivity index (χ1n) is 9.83. The number of carbonyl (C=O) groups excluding carboxylic acids is 1. The average molecular weight is 403 g/mol. The molecule has 2 aromatic carbocycles. The lowest BCUT2D eigenvalue weighted by Gasteiger charge is -2.45. The van der Waals surface area contributed by atoms with Crippen molar-refractivity contribution in [2.45, 2.75) is 64.3 Å². The standard InChI is InChI=1S/C23H34O4Si/c1-9-23(16-21(24)26-6,27-28(7,8)22(2,3)4)19-12-10-18-15-20(25-5)13-11-17(18)14-19/h10-15H,9,16H2,1-8H3/t23-/m0/s1. The molecule has 0 radical (unpaired) electrons. The first kappa shape index (κ1) is 22.4. The molecule has 0 saturated heterocycles. The van der Waals surface area contributed by atoms with Crippen molar-refractivity contribution >= 4 is 25.1 Å². The molecule has 0 aliphatic carbocycles. The van der Waals surface area contributed by atoms with Gasteiger partial charge in [-0.15, -0.1) is 0 Å². The topological polar surface area (TPSA) is 44.8 Å². The van der Waals surface area contributed by atoms with Crippen molar-refractivity contribution in [2.24, 2.45) is 0 Å². The number of esters is 1. The van der Waals surface area contributed by atoms with E-state index < -0.39 is 13.9 Å². The van der Waals surface area contributed by atoms with E-state index in [-0.39, 0.29) is 17.4 Å². The van der Waals surface area contributed by atoms with Crippen LogP contribution in [0.5, 0.6) is 5.75 Å². The smallest absolute Gasteiger partial charge is 0.308 e. The van der Waals surface area contributed by atoms with Crippen LogP contribution in [0.2, 0.25) is 18.1 Å². The molecule has 0 bridgehead atoms. The normalized spacial score (nSPS) is 14.6. The van der Waals surface area contributed by atoms with E-state index in [1.807, 2.05) is 18.2 Å². The van der Waals surface area contributed by atoms with E-state index in [0.29, 0.717) is 6.42 Å². The molecule has 4 nitrogen and oxygen atoms in total. The summed E-state index contributed by atoms with van der Waals surface area (Å²) in [6, 6.07) is 12.3. The van der Waals surface area contributed by atoms with Gasteiger partial charge in [0.05, 0.1) is 26.2 Å². The molecule has 0 fully saturated rings. The van der Waals surface area contributed by atoms with E-state index in [0.717, 1.165) is 22.1 Å². The zero-order chi connectivity index (χ0) is 21.2. The van der Waals surface area contributed by atoms with Crippen LogP contribution in [0.3, 0.4) is 0 Å². The highest BCUT2D eigenvalue weighted by atomic mass is 28.4. The molecule has 0 amide bonds. The molecule has 0 heterocycles. The van der Waals surface area contributed by atoms with Gasteiger partial charge in [-0.2, -0.15) is 0 Å². The Hall–Kier alpha value is -1.85. The molecule has 0 saturated carbocycles. The quantitative estimate of drug-likeness (QED) is 0.418. The molecule has 1 atom stereocenters. The minimum absolute atomic E-state index is 0.0355. The number of methoxy groups -OCH3 is 2. The summed E-state index contributed by atoms with van der Waals surface area (Å²) in [6.07, 6.45) is 0.893. The van der Waals surface area contributed by atoms with Crippen LogP contribution < -0.4 is 4.74 Å². The number of benzene rings is 2. The van der Waals surface area contributed by atoms with Crippen LogP contribution in [-0.2, 0) is 19.6 Å². The minimum atomic E-state index is -2.13. The summed E-state index contributed by atoms with van der Waals surface area (Å²) in [4.78, 5) is 12.3. The summed E-state index contributed by atoms with van der Waals surface area (Å²) < 4.78 is 17.3. The Labute approximate surface area is 170 Å². The molecule has 0 aliphatic rings. The SMILES string of the molecule is CC[C@@](CC(=O)OC)(O[Si](C)(C)C(C)(C)C)c1ccc2cc(OC)ccc2c1. The molecule has 0 aliphatic heterocycles. The summed E-state index contributed by atoms with van der Waals surface area (Å²) in [5, 5.41) is 2.23. The maximum Gasteiger partial charge on any atom is 0.308 e. The van der Waals surface area contributed by atoms with Crippen molar-refractivity contribution < 1.29 is 18.7 Å². The lowest BCUT2D eigenvalue weighted by molar-refractivity contribution is -0.146. The third-order valence-electron chi connectivity index (χ3n) is 6.06. The van der Waals surface area contributed by atoms with E-state index >= 15 is 0 Å². The second-order valence-corrected chi connectivity index (χ2v) is 13.6. The van der Waals surface area contributed by atoms with Crippen LogP contribution in [0.4, 0.5) is 0 Å². The molecular formula is C23H34O4Si. The first-order valence-corrected chi connectivity index (χ1v) is 12.7. The fraction of sp³-hybridized carbons (Fsp3) is 0.522. The molecule has 0 N–H and O–H groups in total. The second kappa shape index (κ2) is 8.25. The maximum absolute atomic E-state index is 12.3. The third kappa shape index (κ3) is 4.58. The van der Waals surface area contributed by atoms with Crippen LogP contribution >= 0.6 is 0 Å². The van der Waals surface area contributed by atoms with Gasteiger partial charge in [0.2, 0.25) is 0 Å². The number of carbonyl (C=O) groups is 1. The van der Waals surface area contributed by atoms with Gasteiger partial charge in [0.25, 0.3) is 0 Å². The van der Waals surface area contributed by atoms with Crippen molar-refractivity contribution in [3.05, 3.63) is 42.0 Å². The zero-order valence-corrected chi connectivity index (χ0v) is 19.5. The Kier molecular flexibility index (Phi) is 6.61. The highest BCUT2D eigenvalue weighted by Gasteiger charge is 2.46. The van der Waals surface area contributed by atoms with E-state index in [9.17, 15) is 4.79 Å². The van der Waals surface area contributed by atoms with Gasteiger partial charge in [-0.25, -0.2) is 0 Å². The monoisotopic (exact) mass is 402 g/mol. The van der Waals surface area contributed by atoms with E-state index in [2.05, 4.69) is 59.0 Å². The largest absolute Gasteiger partial charge is 0.497 e. The summed E-state index contributed by atoms with van der Waals surface area (Å²) in [5.41, 5.74) is 0.312. The second-order valence-electron chi connectivity index (χ2n) is 8.89. The summed E-state index contributed by atoms with van der Waals surface area (Å²) in [7, 11) is 0.966. The molecule has 28 heavy (non-hydrogen) atoms. The summed E-state index contributed by atoms with van der Waals surface area (Å²) in [5.74, 6) is 0.574. The van der Waals surface area contributed by atoms with Crippen LogP contribution in [-0.4, -0.2) is 28.5 Å². The maximum atomic E-state index is 12.3. The van der Waals surface area contributed by atoms with Gasteiger partial charge in [0, 0.05) is 0 Å². The summed E-state index contributed by atoms with van der Waals surface area (Å²) >= 11 is 0. The van der Waals surface area contributed by atoms with Gasteiger partial charge in [0.1, 0.15) is 5.75 Å². The lowest BCUT2D eigenvalue weighted by atomic mass is 9.86. The molecule has 5 heteroatoms. The van der Waals surface area contributed by atoms with Gasteiger partial charge < -0.3 is 13.9 Å². The lowest BCUT2D eigenvalue weighted by Crippen LogP contribution is -2.49. The Balaban J connectivity index is 2.60. The highest BCUT2D eigenvalue weighted by Crippen LogP contribution is 2.45. The van der Waals surface area contributed by atoms with Crippen LogP contribution in [0.15, 0.2) is 36.4 Å². The van der Waals surface area contributed by atoms with Gasteiger partial charge in [-0.05, 0) is 59.1 Å². The van der Waals surface area contributed by atoms with Crippen molar-refractivity contribution in [2.75, 3.05) is 14.2 Å². The predicted molar refractivity (Wildman–Crippen MR) is 117 cm³/mol. The molecule has 2 rings (SSSR count). The zero-order valence-electron chi connectivity index (χ0n) is 18.5. The van der Waals surface area contributed by atoms with Crippen molar-refractivity contribution in [1.29, 1.82) is 0 Å². The summed E-state index contributed by atoms with van der Waals surface area (Å²) in [6.45, 7) is 13.2. The van der Waals surface area contributed by atoms with E-state index in [1.54, 1.807) is 7.11 Å². The van der Waals surface area contributed by atoms with Crippen molar-refractivity contribution in [3.8, 4) is 5.75 Å². The van der Waals surface area contributed by atoms with Crippen LogP contribution in [0.25, 0.3) is 10.8 Å². The molecule has 154 valence electrons. The molecular weight excluding hydrogens is 368 g/mol. The molecule has 0 unspecified atom stereocenters. The Bertz CT molecular complexity index is 838. The fourth-order valence-electron chi connectivity index (χ4n) is 3.18. The third-order valence-corrected chi connectivity index (χ3v) is 10.6. The van der Waals surface area contributed by atoms with Gasteiger partial charge >= 0.3 is 5.97 Å². The van der Waals surface area contributed by atoms with Crippen molar-refractivity contribution in [1.82, 2.24) is 0 Å². The highest BCUT2D eigenvalue weighted by molar-refractivity contribution is 6.74. The Morgan fingerprint density at radius 1 is 1.00 bits per heavy atom. The van der Waals surface area contributed by atoms with Gasteiger partial charge in [0.15, 0.2) is 8.32 Å². The Morgan fingerprint density at radius 2 is 1.61 bits per heavy atom. The number of rotatable bonds is 7. The molecule has 2 aromatic rings.